The van der Waals surface area contributed by atoms with E-state index in [1.807, 2.05) is 0 Å². The molecule has 1 aliphatic heterocycles. The third-order valence-corrected chi connectivity index (χ3v) is 5.73. The van der Waals surface area contributed by atoms with E-state index in [4.69, 9.17) is 4.18 Å². The summed E-state index contributed by atoms with van der Waals surface area (Å²) in [5, 5.41) is 5.34. The topological polar surface area (TPSA) is 76.0 Å². The first-order chi connectivity index (χ1) is 11.6. The van der Waals surface area contributed by atoms with E-state index >= 15 is 0 Å². The van der Waals surface area contributed by atoms with Crippen molar-refractivity contribution in [2.75, 3.05) is 6.26 Å². The Morgan fingerprint density at radius 3 is 2.40 bits per heavy atom. The van der Waals surface area contributed by atoms with Crippen molar-refractivity contribution in [3.63, 3.8) is 0 Å². The Kier molecular flexibility index (Phi) is 3.37. The SMILES string of the molecule is CS(=O)(=O)OC12CC(C(=O)N3N=CCC3c3cc(F)cc(F)c3)(C1)C2. The van der Waals surface area contributed by atoms with Crippen molar-refractivity contribution in [3.8, 4) is 0 Å². The molecule has 3 fully saturated rings. The van der Waals surface area contributed by atoms with Gasteiger partial charge in [0.25, 0.3) is 10.1 Å². The zero-order chi connectivity index (χ0) is 18.0. The van der Waals surface area contributed by atoms with Crippen LogP contribution < -0.4 is 0 Å². The van der Waals surface area contributed by atoms with Crippen molar-refractivity contribution in [2.24, 2.45) is 10.5 Å². The molecule has 0 N–H and O–H groups in total. The second-order valence-corrected chi connectivity index (χ2v) is 8.76. The highest BCUT2D eigenvalue weighted by molar-refractivity contribution is 7.86. The van der Waals surface area contributed by atoms with Crippen LogP contribution in [-0.2, 0) is 19.1 Å². The highest BCUT2D eigenvalue weighted by Crippen LogP contribution is 2.70. The van der Waals surface area contributed by atoms with Gasteiger partial charge in [0.2, 0.25) is 5.91 Å². The normalized spacial score (nSPS) is 33.1. The highest BCUT2D eigenvalue weighted by Gasteiger charge is 2.75. The predicted octanol–water partition coefficient (Wildman–Crippen LogP) is 2.12. The molecule has 1 amide bonds. The van der Waals surface area contributed by atoms with Crippen LogP contribution in [0.25, 0.3) is 0 Å². The van der Waals surface area contributed by atoms with E-state index in [1.165, 1.54) is 17.1 Å². The molecule has 134 valence electrons. The van der Waals surface area contributed by atoms with Crippen LogP contribution in [0.3, 0.4) is 0 Å². The van der Waals surface area contributed by atoms with Crippen LogP contribution in [0.2, 0.25) is 0 Å². The third kappa shape index (κ3) is 2.65. The average Bonchev–Trinajstić information content (AvgIpc) is 2.87. The smallest absolute Gasteiger partial charge is 0.264 e. The van der Waals surface area contributed by atoms with E-state index in [-0.39, 0.29) is 5.91 Å². The van der Waals surface area contributed by atoms with Crippen molar-refractivity contribution in [2.45, 2.75) is 37.3 Å². The van der Waals surface area contributed by atoms with Crippen molar-refractivity contribution in [3.05, 3.63) is 35.4 Å². The number of hydrazone groups is 1. The van der Waals surface area contributed by atoms with Crippen LogP contribution >= 0.6 is 0 Å². The third-order valence-electron chi connectivity index (χ3n) is 5.07. The Labute approximate surface area is 143 Å². The van der Waals surface area contributed by atoms with Crippen LogP contribution in [0, 0.1) is 17.0 Å². The van der Waals surface area contributed by atoms with E-state index < -0.39 is 38.8 Å². The molecule has 1 aromatic rings. The van der Waals surface area contributed by atoms with Gasteiger partial charge in [-0.05, 0) is 37.0 Å². The molecule has 0 aromatic heterocycles. The Morgan fingerprint density at radius 2 is 1.84 bits per heavy atom. The molecule has 25 heavy (non-hydrogen) atoms. The Bertz CT molecular complexity index is 859. The molecule has 5 rings (SSSR count). The summed E-state index contributed by atoms with van der Waals surface area (Å²) in [6.45, 7) is 0. The summed E-state index contributed by atoms with van der Waals surface area (Å²) in [5.74, 6) is -1.67. The van der Waals surface area contributed by atoms with Crippen LogP contribution in [0.5, 0.6) is 0 Å². The molecule has 0 radical (unpaired) electrons. The Morgan fingerprint density at radius 1 is 1.24 bits per heavy atom. The fourth-order valence-electron chi connectivity index (χ4n) is 4.23. The number of halogens is 2. The van der Waals surface area contributed by atoms with Crippen molar-refractivity contribution >= 4 is 22.2 Å². The highest BCUT2D eigenvalue weighted by atomic mass is 32.2. The molecule has 6 nitrogen and oxygen atoms in total. The summed E-state index contributed by atoms with van der Waals surface area (Å²) < 4.78 is 54.6. The predicted molar refractivity (Wildman–Crippen MR) is 84.0 cm³/mol. The van der Waals surface area contributed by atoms with Gasteiger partial charge in [0.1, 0.15) is 11.6 Å². The summed E-state index contributed by atoms with van der Waals surface area (Å²) in [6, 6.07) is 2.61. The number of hydrogen-bond donors (Lipinski definition) is 0. The van der Waals surface area contributed by atoms with Crippen molar-refractivity contribution < 1.29 is 26.2 Å². The van der Waals surface area contributed by atoms with Gasteiger partial charge >= 0.3 is 0 Å². The molecule has 4 aliphatic rings. The molecular weight excluding hydrogens is 354 g/mol. The maximum atomic E-state index is 13.5. The zero-order valence-electron chi connectivity index (χ0n) is 13.4. The molecule has 3 saturated carbocycles. The van der Waals surface area contributed by atoms with Gasteiger partial charge in [-0.1, -0.05) is 0 Å². The minimum Gasteiger partial charge on any atom is -0.272 e. The van der Waals surface area contributed by atoms with Gasteiger partial charge in [-0.15, -0.1) is 0 Å². The lowest BCUT2D eigenvalue weighted by Gasteiger charge is -2.67. The molecular formula is C16H16F2N2O4S. The van der Waals surface area contributed by atoms with Crippen LogP contribution in [0.4, 0.5) is 8.78 Å². The van der Waals surface area contributed by atoms with Crippen LogP contribution in [0.1, 0.15) is 37.3 Å². The van der Waals surface area contributed by atoms with Crippen molar-refractivity contribution in [1.29, 1.82) is 0 Å². The number of nitrogens with zero attached hydrogens (tertiary/aromatic N) is 2. The van der Waals surface area contributed by atoms with Gasteiger partial charge in [-0.3, -0.25) is 8.98 Å². The Hall–Kier alpha value is -1.87. The number of carbonyl (C=O) groups is 1. The fraction of sp³-hybridized carbons (Fsp3) is 0.500. The van der Waals surface area contributed by atoms with Crippen molar-refractivity contribution in [1.82, 2.24) is 5.01 Å². The quantitative estimate of drug-likeness (QED) is 0.761. The lowest BCUT2D eigenvalue weighted by atomic mass is 9.41. The van der Waals surface area contributed by atoms with Gasteiger partial charge in [0.15, 0.2) is 0 Å². The van der Waals surface area contributed by atoms with E-state index in [1.54, 1.807) is 6.21 Å². The minimum absolute atomic E-state index is 0.255. The standard InChI is InChI=1S/C16H16F2N2O4S/c1-25(22,23)24-16-7-15(8-16,9-16)14(21)20-13(2-3-19-20)10-4-11(17)6-12(18)5-10/h3-6,13H,2,7-9H2,1H3. The second-order valence-electron chi connectivity index (χ2n) is 7.18. The monoisotopic (exact) mass is 370 g/mol. The van der Waals surface area contributed by atoms with E-state index in [2.05, 4.69) is 5.10 Å². The molecule has 1 heterocycles. The molecule has 1 aromatic carbocycles. The molecule has 1 atom stereocenters. The summed E-state index contributed by atoms with van der Waals surface area (Å²) in [7, 11) is -3.58. The molecule has 1 unspecified atom stereocenters. The molecule has 0 saturated heterocycles. The van der Waals surface area contributed by atoms with Gasteiger partial charge < -0.3 is 0 Å². The van der Waals surface area contributed by atoms with Crippen LogP contribution in [-0.4, -0.2) is 37.4 Å². The summed E-state index contributed by atoms with van der Waals surface area (Å²) in [4.78, 5) is 12.9. The molecule has 0 spiro atoms. The lowest BCUT2D eigenvalue weighted by molar-refractivity contribution is -0.242. The number of amides is 1. The first-order valence-corrected chi connectivity index (χ1v) is 9.66. The zero-order valence-corrected chi connectivity index (χ0v) is 14.2. The van der Waals surface area contributed by atoms with E-state index in [9.17, 15) is 22.0 Å². The summed E-state index contributed by atoms with van der Waals surface area (Å²) in [6.07, 6.45) is 3.86. The Balaban J connectivity index is 1.51. The number of benzene rings is 1. The number of carbonyl (C=O) groups excluding carboxylic acids is 1. The molecule has 3 aliphatic carbocycles. The van der Waals surface area contributed by atoms with E-state index in [0.29, 0.717) is 31.2 Å². The summed E-state index contributed by atoms with van der Waals surface area (Å²) >= 11 is 0. The first-order valence-electron chi connectivity index (χ1n) is 7.84. The maximum absolute atomic E-state index is 13.5. The number of rotatable bonds is 4. The van der Waals surface area contributed by atoms with Gasteiger partial charge in [0.05, 0.1) is 23.3 Å². The molecule has 9 heteroatoms. The average molecular weight is 370 g/mol. The fourth-order valence-corrected chi connectivity index (χ4v) is 5.05. The molecule has 2 bridgehead atoms. The van der Waals surface area contributed by atoms with Gasteiger partial charge in [-0.2, -0.15) is 13.5 Å². The minimum atomic E-state index is -3.58. The van der Waals surface area contributed by atoms with E-state index in [0.717, 1.165) is 12.3 Å². The van der Waals surface area contributed by atoms with Crippen LogP contribution in [0.15, 0.2) is 23.3 Å². The summed E-state index contributed by atoms with van der Waals surface area (Å²) in [5.41, 5.74) is -1.11. The lowest BCUT2D eigenvalue weighted by Crippen LogP contribution is -2.73. The maximum Gasteiger partial charge on any atom is 0.264 e. The van der Waals surface area contributed by atoms with Gasteiger partial charge in [-0.25, -0.2) is 13.8 Å². The second kappa shape index (κ2) is 5.07. The van der Waals surface area contributed by atoms with Gasteiger partial charge in [0, 0.05) is 18.7 Å². The number of hydrogen-bond acceptors (Lipinski definition) is 5. The largest absolute Gasteiger partial charge is 0.272 e. The first kappa shape index (κ1) is 16.6.